The lowest BCUT2D eigenvalue weighted by Gasteiger charge is -2.44. The van der Waals surface area contributed by atoms with E-state index in [1.807, 2.05) is 30.3 Å². The quantitative estimate of drug-likeness (QED) is 0.183. The number of rotatable bonds is 14. The van der Waals surface area contributed by atoms with Crippen LogP contribution in [0.25, 0.3) is 0 Å². The van der Waals surface area contributed by atoms with Crippen LogP contribution in [0.3, 0.4) is 0 Å². The number of hydrogen-bond donors (Lipinski definition) is 4. The van der Waals surface area contributed by atoms with Crippen molar-refractivity contribution in [3.63, 3.8) is 0 Å². The molecule has 2 heterocycles. The van der Waals surface area contributed by atoms with Crippen molar-refractivity contribution < 1.29 is 27.9 Å². The van der Waals surface area contributed by atoms with Crippen LogP contribution in [0.1, 0.15) is 56.1 Å². The summed E-state index contributed by atoms with van der Waals surface area (Å²) in [5.74, 6) is -0.683. The number of carbonyl (C=O) groups excluding carboxylic acids is 3. The van der Waals surface area contributed by atoms with Crippen LogP contribution in [-0.4, -0.2) is 98.1 Å². The zero-order valence-corrected chi connectivity index (χ0v) is 31.5. The number of likely N-dealkylation sites (tertiary alicyclic amines) is 1. The summed E-state index contributed by atoms with van der Waals surface area (Å²) in [6, 6.07) is 22.0. The third kappa shape index (κ3) is 9.39. The Kier molecular flexibility index (Phi) is 12.7. The highest BCUT2D eigenvalue weighted by atomic mass is 35.5. The Morgan fingerprint density at radius 2 is 1.57 bits per heavy atom. The molecule has 2 saturated heterocycles. The number of anilines is 1. The zero-order chi connectivity index (χ0) is 37.4. The lowest BCUT2D eigenvalue weighted by Crippen LogP contribution is -2.59. The summed E-state index contributed by atoms with van der Waals surface area (Å²) in [7, 11) is -4.11. The molecule has 1 spiro atoms. The molecule has 3 aliphatic rings. The smallest absolute Gasteiger partial charge is 0.250 e. The number of carbonyl (C=O) groups is 3. The second kappa shape index (κ2) is 17.4. The molecule has 0 bridgehead atoms. The Balaban J connectivity index is 1.18. The summed E-state index contributed by atoms with van der Waals surface area (Å²) >= 11 is 6.12. The third-order valence-electron chi connectivity index (χ3n) is 10.6. The molecular weight excluding hydrogens is 716 g/mol. The Morgan fingerprint density at radius 1 is 0.906 bits per heavy atom. The number of aliphatic hydroxyl groups is 1. The molecule has 53 heavy (non-hydrogen) atoms. The van der Waals surface area contributed by atoms with Crippen LogP contribution in [0.4, 0.5) is 5.69 Å². The van der Waals surface area contributed by atoms with Gasteiger partial charge in [-0.15, -0.1) is 0 Å². The van der Waals surface area contributed by atoms with Crippen molar-refractivity contribution in [3.05, 3.63) is 95.0 Å². The van der Waals surface area contributed by atoms with Gasteiger partial charge in [-0.2, -0.15) is 4.72 Å². The second-order valence-electron chi connectivity index (χ2n) is 14.2. The Morgan fingerprint density at radius 3 is 2.23 bits per heavy atom. The Labute approximate surface area is 316 Å². The molecular formula is C39H49ClN6O6S. The van der Waals surface area contributed by atoms with Crippen molar-refractivity contribution in [2.24, 2.45) is 0 Å². The molecule has 2 aliphatic heterocycles. The van der Waals surface area contributed by atoms with Crippen LogP contribution < -0.4 is 20.3 Å². The molecule has 284 valence electrons. The number of halogens is 1. The molecule has 3 amide bonds. The average molecular weight is 765 g/mol. The summed E-state index contributed by atoms with van der Waals surface area (Å²) in [4.78, 5) is 47.1. The summed E-state index contributed by atoms with van der Waals surface area (Å²) in [6.45, 7) is 1.56. The SMILES string of the molecule is O=C(CN1CN(c2ccccc2)C2(CCN(C(=O)C(Cc3ccc(Cl)cc3)NS(=O)(=O)c3ccc(CNCCO)cc3)CC2)C1=O)NC1CCCCC1. The van der Waals surface area contributed by atoms with Crippen molar-refractivity contribution in [2.45, 2.75) is 80.4 Å². The van der Waals surface area contributed by atoms with E-state index in [1.165, 1.54) is 18.6 Å². The molecule has 14 heteroatoms. The van der Waals surface area contributed by atoms with Gasteiger partial charge in [0.15, 0.2) is 0 Å². The van der Waals surface area contributed by atoms with Crippen LogP contribution in [0.2, 0.25) is 5.02 Å². The highest BCUT2D eigenvalue weighted by molar-refractivity contribution is 7.89. The highest BCUT2D eigenvalue weighted by Crippen LogP contribution is 2.39. The van der Waals surface area contributed by atoms with Gasteiger partial charge in [-0.05, 0) is 79.6 Å². The van der Waals surface area contributed by atoms with Gasteiger partial charge in [0.1, 0.15) is 18.1 Å². The van der Waals surface area contributed by atoms with E-state index in [-0.39, 0.29) is 68.0 Å². The average Bonchev–Trinajstić information content (AvgIpc) is 3.42. The number of hydrogen-bond acceptors (Lipinski definition) is 8. The highest BCUT2D eigenvalue weighted by Gasteiger charge is 2.54. The Hall–Kier alpha value is -4.01. The van der Waals surface area contributed by atoms with E-state index in [2.05, 4.69) is 20.3 Å². The van der Waals surface area contributed by atoms with Gasteiger partial charge in [0, 0.05) is 42.9 Å². The third-order valence-corrected chi connectivity index (χ3v) is 12.3. The van der Waals surface area contributed by atoms with Gasteiger partial charge in [-0.1, -0.05) is 73.3 Å². The molecule has 3 fully saturated rings. The molecule has 3 aromatic rings. The first-order valence-corrected chi connectivity index (χ1v) is 20.3. The first-order valence-electron chi connectivity index (χ1n) is 18.5. The standard InChI is InChI=1S/C39H49ClN6O6S/c40-31-15-11-29(12-16-31)25-35(43-53(51,52)34-17-13-30(14-18-34)26-41-21-24-47)37(49)44-22-19-39(20-23-44)38(50)45(28-46(39)33-9-5-2-6-10-33)27-36(48)42-32-7-3-1-4-8-32/h2,5-6,9-18,32,35,41,43,47H,1,3-4,7-8,19-28H2,(H,42,48). The van der Waals surface area contributed by atoms with Gasteiger partial charge in [0.2, 0.25) is 21.8 Å². The molecule has 3 aromatic carbocycles. The summed E-state index contributed by atoms with van der Waals surface area (Å²) < 4.78 is 30.1. The van der Waals surface area contributed by atoms with Gasteiger partial charge < -0.3 is 30.4 Å². The molecule has 12 nitrogen and oxygen atoms in total. The summed E-state index contributed by atoms with van der Waals surface area (Å²) in [5.41, 5.74) is 1.49. The molecule has 4 N–H and O–H groups in total. The van der Waals surface area contributed by atoms with Gasteiger partial charge in [-0.25, -0.2) is 8.42 Å². The van der Waals surface area contributed by atoms with E-state index in [0.29, 0.717) is 31.0 Å². The van der Waals surface area contributed by atoms with Crippen LogP contribution in [0, 0.1) is 0 Å². The number of benzene rings is 3. The van der Waals surface area contributed by atoms with E-state index in [0.717, 1.165) is 42.5 Å². The fourth-order valence-electron chi connectivity index (χ4n) is 7.72. The molecule has 1 aliphatic carbocycles. The predicted molar refractivity (Wildman–Crippen MR) is 204 cm³/mol. The first-order chi connectivity index (χ1) is 25.6. The number of aliphatic hydroxyl groups excluding tert-OH is 1. The molecule has 1 saturated carbocycles. The summed E-state index contributed by atoms with van der Waals surface area (Å²) in [6.07, 6.45) is 6.00. The second-order valence-corrected chi connectivity index (χ2v) is 16.4. The monoisotopic (exact) mass is 764 g/mol. The maximum Gasteiger partial charge on any atom is 0.250 e. The topological polar surface area (TPSA) is 151 Å². The fraction of sp³-hybridized carbons (Fsp3) is 0.462. The zero-order valence-electron chi connectivity index (χ0n) is 29.9. The van der Waals surface area contributed by atoms with Crippen molar-refractivity contribution in [2.75, 3.05) is 44.4 Å². The first kappa shape index (κ1) is 38.7. The van der Waals surface area contributed by atoms with Crippen LogP contribution in [0.15, 0.2) is 83.8 Å². The molecule has 1 unspecified atom stereocenters. The minimum Gasteiger partial charge on any atom is -0.395 e. The van der Waals surface area contributed by atoms with Crippen molar-refractivity contribution in [3.8, 4) is 0 Å². The number of nitrogens with one attached hydrogen (secondary N) is 3. The minimum atomic E-state index is -4.11. The maximum atomic E-state index is 14.3. The lowest BCUT2D eigenvalue weighted by molar-refractivity contribution is -0.140. The number of piperidine rings is 1. The normalized spacial score (nSPS) is 18.4. The molecule has 1 atom stereocenters. The largest absolute Gasteiger partial charge is 0.395 e. The van der Waals surface area contributed by atoms with Gasteiger partial charge in [0.25, 0.3) is 5.91 Å². The number of sulfonamides is 1. The molecule has 0 aromatic heterocycles. The molecule has 0 radical (unpaired) electrons. The predicted octanol–water partition coefficient (Wildman–Crippen LogP) is 3.43. The Bertz CT molecular complexity index is 1820. The van der Waals surface area contributed by atoms with E-state index in [1.54, 1.807) is 46.2 Å². The van der Waals surface area contributed by atoms with Gasteiger partial charge in [-0.3, -0.25) is 14.4 Å². The van der Waals surface area contributed by atoms with Gasteiger partial charge >= 0.3 is 0 Å². The van der Waals surface area contributed by atoms with Crippen molar-refractivity contribution in [1.82, 2.24) is 25.2 Å². The van der Waals surface area contributed by atoms with Gasteiger partial charge in [0.05, 0.1) is 18.2 Å². The van der Waals surface area contributed by atoms with E-state index in [9.17, 15) is 22.8 Å². The number of nitrogens with zero attached hydrogens (tertiary/aromatic N) is 3. The number of amides is 3. The molecule has 6 rings (SSSR count). The number of para-hydroxylation sites is 1. The summed E-state index contributed by atoms with van der Waals surface area (Å²) in [5, 5.41) is 15.7. The van der Waals surface area contributed by atoms with Crippen molar-refractivity contribution in [1.29, 1.82) is 0 Å². The van der Waals surface area contributed by atoms with Crippen LogP contribution >= 0.6 is 11.6 Å². The van der Waals surface area contributed by atoms with E-state index < -0.39 is 21.6 Å². The van der Waals surface area contributed by atoms with Crippen LogP contribution in [-0.2, 0) is 37.4 Å². The van der Waals surface area contributed by atoms with Crippen LogP contribution in [0.5, 0.6) is 0 Å². The van der Waals surface area contributed by atoms with E-state index in [4.69, 9.17) is 16.7 Å². The minimum absolute atomic E-state index is 0.00345. The van der Waals surface area contributed by atoms with E-state index >= 15 is 0 Å². The lowest BCUT2D eigenvalue weighted by atomic mass is 9.85. The van der Waals surface area contributed by atoms with Crippen molar-refractivity contribution >= 4 is 45.0 Å². The maximum absolute atomic E-state index is 14.3. The fourth-order valence-corrected chi connectivity index (χ4v) is 9.04.